The molecular weight excluding hydrogens is 238 g/mol. The second-order valence-corrected chi connectivity index (χ2v) is 4.83. The van der Waals surface area contributed by atoms with E-state index in [0.717, 1.165) is 5.69 Å². The molecule has 0 aromatic carbocycles. The molecule has 2 atom stereocenters. The van der Waals surface area contributed by atoms with Gasteiger partial charge in [-0.05, 0) is 20.1 Å². The molecule has 0 aliphatic heterocycles. The van der Waals surface area contributed by atoms with E-state index in [4.69, 9.17) is 5.84 Å². The second-order valence-electron chi connectivity index (χ2n) is 3.75. The predicted molar refractivity (Wildman–Crippen MR) is 72.1 cm³/mol. The number of nitrogens with zero attached hydrogens (tertiary/aromatic N) is 2. The molecule has 7 heteroatoms. The molecular formula is C10H19N5OS. The third-order valence-corrected chi connectivity index (χ3v) is 3.56. The summed E-state index contributed by atoms with van der Waals surface area (Å²) in [4.78, 5) is 8.30. The average Bonchev–Trinajstić information content (AvgIpc) is 2.29. The predicted octanol–water partition coefficient (Wildman–Crippen LogP) is 0.595. The molecule has 17 heavy (non-hydrogen) atoms. The van der Waals surface area contributed by atoms with Crippen LogP contribution < -0.4 is 16.6 Å². The Bertz CT molecular complexity index is 359. The highest BCUT2D eigenvalue weighted by atomic mass is 32.2. The molecule has 0 bridgehead atoms. The lowest BCUT2D eigenvalue weighted by Gasteiger charge is -2.22. The van der Waals surface area contributed by atoms with Gasteiger partial charge in [0.25, 0.3) is 0 Å². The van der Waals surface area contributed by atoms with E-state index in [0.29, 0.717) is 11.8 Å². The Morgan fingerprint density at radius 1 is 1.53 bits per heavy atom. The maximum absolute atomic E-state index is 9.20. The first-order valence-corrected chi connectivity index (χ1v) is 6.62. The summed E-state index contributed by atoms with van der Waals surface area (Å²) in [5.41, 5.74) is 3.25. The molecule has 0 fully saturated rings. The van der Waals surface area contributed by atoms with Crippen molar-refractivity contribution in [1.82, 2.24) is 9.97 Å². The molecule has 0 spiro atoms. The van der Waals surface area contributed by atoms with Gasteiger partial charge < -0.3 is 10.4 Å². The first-order valence-electron chi connectivity index (χ1n) is 5.33. The van der Waals surface area contributed by atoms with Crippen molar-refractivity contribution in [3.63, 3.8) is 0 Å². The Hall–Kier alpha value is -1.05. The number of aliphatic hydroxyl groups excluding tert-OH is 1. The highest BCUT2D eigenvalue weighted by Crippen LogP contribution is 2.16. The van der Waals surface area contributed by atoms with Crippen LogP contribution in [0.3, 0.4) is 0 Å². The van der Waals surface area contributed by atoms with E-state index in [2.05, 4.69) is 20.7 Å². The van der Waals surface area contributed by atoms with Gasteiger partial charge in [-0.25, -0.2) is 10.8 Å². The van der Waals surface area contributed by atoms with Crippen LogP contribution in [0.2, 0.25) is 0 Å². The molecule has 1 aromatic rings. The number of aryl methyl sites for hydroxylation is 1. The maximum Gasteiger partial charge on any atom is 0.239 e. The molecule has 1 aromatic heterocycles. The lowest BCUT2D eigenvalue weighted by Crippen LogP contribution is -2.31. The fourth-order valence-corrected chi connectivity index (χ4v) is 2.10. The van der Waals surface area contributed by atoms with Crippen LogP contribution in [0.5, 0.6) is 0 Å². The molecule has 5 N–H and O–H groups in total. The molecule has 0 aliphatic rings. The first kappa shape index (κ1) is 14.0. The third-order valence-electron chi connectivity index (χ3n) is 2.40. The number of rotatable bonds is 6. The van der Waals surface area contributed by atoms with Gasteiger partial charge in [-0.3, -0.25) is 5.43 Å². The standard InChI is InChI=1S/C10H19N5OS/c1-6-4-9(14-10(12-6)15-11)13-7(2)8(5-16)17-3/h4,7-8,16H,5,11H2,1-3H3,(H2,12,13,14,15). The maximum atomic E-state index is 9.20. The highest BCUT2D eigenvalue weighted by molar-refractivity contribution is 7.99. The van der Waals surface area contributed by atoms with E-state index >= 15 is 0 Å². The van der Waals surface area contributed by atoms with Crippen molar-refractivity contribution in [3.8, 4) is 0 Å². The summed E-state index contributed by atoms with van der Waals surface area (Å²) in [5, 5.41) is 12.6. The second kappa shape index (κ2) is 6.63. The van der Waals surface area contributed by atoms with Crippen molar-refractivity contribution in [2.24, 2.45) is 5.84 Å². The molecule has 0 aliphatic carbocycles. The van der Waals surface area contributed by atoms with E-state index in [1.54, 1.807) is 11.8 Å². The summed E-state index contributed by atoms with van der Waals surface area (Å²) in [6, 6.07) is 1.95. The van der Waals surface area contributed by atoms with Gasteiger partial charge >= 0.3 is 0 Å². The number of aromatic nitrogens is 2. The summed E-state index contributed by atoms with van der Waals surface area (Å²) < 4.78 is 0. The van der Waals surface area contributed by atoms with Gasteiger partial charge in [0.05, 0.1) is 6.61 Å². The summed E-state index contributed by atoms with van der Waals surface area (Å²) >= 11 is 1.62. The largest absolute Gasteiger partial charge is 0.395 e. The molecule has 1 rings (SSSR count). The summed E-state index contributed by atoms with van der Waals surface area (Å²) in [6.07, 6.45) is 1.97. The monoisotopic (exact) mass is 257 g/mol. The summed E-state index contributed by atoms with van der Waals surface area (Å²) in [5.74, 6) is 6.36. The van der Waals surface area contributed by atoms with E-state index in [1.807, 2.05) is 26.2 Å². The zero-order chi connectivity index (χ0) is 12.8. The molecule has 6 nitrogen and oxygen atoms in total. The summed E-state index contributed by atoms with van der Waals surface area (Å²) in [6.45, 7) is 4.00. The van der Waals surface area contributed by atoms with Crippen LogP contribution in [0.4, 0.5) is 11.8 Å². The van der Waals surface area contributed by atoms with Gasteiger partial charge in [0.15, 0.2) is 0 Å². The Morgan fingerprint density at radius 2 is 2.24 bits per heavy atom. The van der Waals surface area contributed by atoms with Gasteiger partial charge in [-0.1, -0.05) is 0 Å². The zero-order valence-electron chi connectivity index (χ0n) is 10.3. The van der Waals surface area contributed by atoms with Crippen LogP contribution in [0.25, 0.3) is 0 Å². The molecule has 96 valence electrons. The highest BCUT2D eigenvalue weighted by Gasteiger charge is 2.15. The fraction of sp³-hybridized carbons (Fsp3) is 0.600. The quantitative estimate of drug-likeness (QED) is 0.437. The average molecular weight is 257 g/mol. The number of hydrazine groups is 1. The first-order chi connectivity index (χ1) is 8.10. The van der Waals surface area contributed by atoms with Gasteiger partial charge in [0.1, 0.15) is 5.82 Å². The third kappa shape index (κ3) is 4.03. The van der Waals surface area contributed by atoms with Crippen LogP contribution in [0, 0.1) is 6.92 Å². The SMILES string of the molecule is CSC(CO)C(C)Nc1cc(C)nc(NN)n1. The van der Waals surface area contributed by atoms with Crippen molar-refractivity contribution in [1.29, 1.82) is 0 Å². The van der Waals surface area contributed by atoms with Crippen molar-refractivity contribution >= 4 is 23.5 Å². The minimum atomic E-state index is 0.106. The minimum Gasteiger partial charge on any atom is -0.395 e. The minimum absolute atomic E-state index is 0.106. The van der Waals surface area contributed by atoms with Crippen LogP contribution in [0.15, 0.2) is 6.07 Å². The zero-order valence-corrected chi connectivity index (χ0v) is 11.1. The number of nitrogen functional groups attached to an aromatic ring is 1. The smallest absolute Gasteiger partial charge is 0.239 e. The Kier molecular flexibility index (Phi) is 5.46. The number of thioether (sulfide) groups is 1. The lowest BCUT2D eigenvalue weighted by molar-refractivity contribution is 0.288. The van der Waals surface area contributed by atoms with Crippen LogP contribution in [-0.4, -0.2) is 39.2 Å². The number of nitrogens with two attached hydrogens (primary N) is 1. The van der Waals surface area contributed by atoms with Crippen LogP contribution in [-0.2, 0) is 0 Å². The van der Waals surface area contributed by atoms with Crippen molar-refractivity contribution in [2.45, 2.75) is 25.1 Å². The van der Waals surface area contributed by atoms with Crippen molar-refractivity contribution in [2.75, 3.05) is 23.6 Å². The van der Waals surface area contributed by atoms with Gasteiger partial charge in [-0.2, -0.15) is 16.7 Å². The number of hydrogen-bond acceptors (Lipinski definition) is 7. The number of nitrogens with one attached hydrogen (secondary N) is 2. The van der Waals surface area contributed by atoms with E-state index in [1.165, 1.54) is 0 Å². The number of aliphatic hydroxyl groups is 1. The van der Waals surface area contributed by atoms with E-state index < -0.39 is 0 Å². The van der Waals surface area contributed by atoms with Gasteiger partial charge in [-0.15, -0.1) is 0 Å². The number of hydrogen-bond donors (Lipinski definition) is 4. The van der Waals surface area contributed by atoms with Gasteiger partial charge in [0, 0.05) is 23.1 Å². The molecule has 0 saturated carbocycles. The molecule has 0 amide bonds. The Balaban J connectivity index is 2.76. The summed E-state index contributed by atoms with van der Waals surface area (Å²) in [7, 11) is 0. The lowest BCUT2D eigenvalue weighted by atomic mass is 10.2. The van der Waals surface area contributed by atoms with Gasteiger partial charge in [0.2, 0.25) is 5.95 Å². The molecule has 2 unspecified atom stereocenters. The van der Waals surface area contributed by atoms with Crippen molar-refractivity contribution < 1.29 is 5.11 Å². The molecule has 1 heterocycles. The van der Waals surface area contributed by atoms with Crippen LogP contribution >= 0.6 is 11.8 Å². The molecule has 0 saturated heterocycles. The van der Waals surface area contributed by atoms with E-state index in [-0.39, 0.29) is 17.9 Å². The van der Waals surface area contributed by atoms with E-state index in [9.17, 15) is 5.11 Å². The Morgan fingerprint density at radius 3 is 2.76 bits per heavy atom. The molecule has 0 radical (unpaired) electrons. The normalized spacial score (nSPS) is 14.2. The number of anilines is 2. The van der Waals surface area contributed by atoms with Crippen LogP contribution in [0.1, 0.15) is 12.6 Å². The van der Waals surface area contributed by atoms with Crippen molar-refractivity contribution in [3.05, 3.63) is 11.8 Å². The topological polar surface area (TPSA) is 96.1 Å². The Labute approximate surface area is 105 Å². The fourth-order valence-electron chi connectivity index (χ4n) is 1.47.